The molecule has 1 aromatic carbocycles. The standard InChI is InChI=1S/C13H16BrNO4S/c1-13(5-6-20(17,18)8-13)15-12(16)9-3-4-11(19-2)10(14)7-9/h3-4,7H,5-6,8H2,1-2H3,(H,15,16). The van der Waals surface area contributed by atoms with Gasteiger partial charge < -0.3 is 10.1 Å². The maximum Gasteiger partial charge on any atom is 0.251 e. The van der Waals surface area contributed by atoms with Crippen LogP contribution < -0.4 is 10.1 Å². The predicted molar refractivity (Wildman–Crippen MR) is 79.8 cm³/mol. The van der Waals surface area contributed by atoms with Gasteiger partial charge in [0.15, 0.2) is 9.84 Å². The smallest absolute Gasteiger partial charge is 0.251 e. The maximum absolute atomic E-state index is 12.2. The Hall–Kier alpha value is -1.08. The van der Waals surface area contributed by atoms with E-state index in [2.05, 4.69) is 21.2 Å². The van der Waals surface area contributed by atoms with E-state index >= 15 is 0 Å². The molecule has 1 amide bonds. The van der Waals surface area contributed by atoms with Crippen molar-refractivity contribution in [3.8, 4) is 5.75 Å². The number of methoxy groups -OCH3 is 1. The summed E-state index contributed by atoms with van der Waals surface area (Å²) >= 11 is 3.32. The van der Waals surface area contributed by atoms with Crippen LogP contribution in [0.1, 0.15) is 23.7 Å². The number of nitrogens with one attached hydrogen (secondary N) is 1. The molecule has 1 unspecified atom stereocenters. The van der Waals surface area contributed by atoms with Gasteiger partial charge in [0.05, 0.1) is 28.6 Å². The third-order valence-corrected chi connectivity index (χ3v) is 5.86. The van der Waals surface area contributed by atoms with Crippen molar-refractivity contribution in [3.05, 3.63) is 28.2 Å². The van der Waals surface area contributed by atoms with E-state index in [1.54, 1.807) is 32.2 Å². The topological polar surface area (TPSA) is 72.5 Å². The second kappa shape index (κ2) is 5.37. The van der Waals surface area contributed by atoms with Gasteiger partial charge >= 0.3 is 0 Å². The van der Waals surface area contributed by atoms with Gasteiger partial charge in [0.2, 0.25) is 0 Å². The van der Waals surface area contributed by atoms with E-state index in [1.807, 2.05) is 0 Å². The lowest BCUT2D eigenvalue weighted by Crippen LogP contribution is -2.46. The molecule has 0 bridgehead atoms. The van der Waals surface area contributed by atoms with E-state index in [-0.39, 0.29) is 17.4 Å². The Morgan fingerprint density at radius 3 is 2.65 bits per heavy atom. The Morgan fingerprint density at radius 2 is 2.15 bits per heavy atom. The van der Waals surface area contributed by atoms with E-state index in [0.717, 1.165) is 0 Å². The van der Waals surface area contributed by atoms with Gasteiger partial charge in [-0.1, -0.05) is 0 Å². The van der Waals surface area contributed by atoms with E-state index in [0.29, 0.717) is 22.2 Å². The Bertz CT molecular complexity index is 644. The quantitative estimate of drug-likeness (QED) is 0.890. The van der Waals surface area contributed by atoms with Gasteiger partial charge in [0.1, 0.15) is 5.75 Å². The zero-order valence-electron chi connectivity index (χ0n) is 11.3. The van der Waals surface area contributed by atoms with Crippen LogP contribution in [0.15, 0.2) is 22.7 Å². The Kier molecular flexibility index (Phi) is 4.11. The van der Waals surface area contributed by atoms with E-state index in [4.69, 9.17) is 4.74 Å². The number of hydrogen-bond acceptors (Lipinski definition) is 4. The van der Waals surface area contributed by atoms with Gasteiger partial charge in [-0.3, -0.25) is 4.79 Å². The second-order valence-electron chi connectivity index (χ2n) is 5.21. The predicted octanol–water partition coefficient (Wildman–Crippen LogP) is 1.76. The van der Waals surface area contributed by atoms with Crippen LogP contribution >= 0.6 is 15.9 Å². The van der Waals surface area contributed by atoms with Crippen LogP contribution in [0.5, 0.6) is 5.75 Å². The number of benzene rings is 1. The number of ether oxygens (including phenoxy) is 1. The molecular weight excluding hydrogens is 346 g/mol. The fourth-order valence-electron chi connectivity index (χ4n) is 2.26. The van der Waals surface area contributed by atoms with Crippen LogP contribution in [0.3, 0.4) is 0 Å². The van der Waals surface area contributed by atoms with Crippen molar-refractivity contribution in [2.24, 2.45) is 0 Å². The fourth-order valence-corrected chi connectivity index (χ4v) is 4.90. The zero-order valence-corrected chi connectivity index (χ0v) is 13.7. The highest BCUT2D eigenvalue weighted by Crippen LogP contribution is 2.27. The fraction of sp³-hybridized carbons (Fsp3) is 0.462. The molecule has 0 aromatic heterocycles. The van der Waals surface area contributed by atoms with Crippen molar-refractivity contribution in [1.29, 1.82) is 0 Å². The number of amides is 1. The minimum absolute atomic E-state index is 0.0108. The summed E-state index contributed by atoms with van der Waals surface area (Å²) in [5.74, 6) is 0.461. The van der Waals surface area contributed by atoms with Crippen LogP contribution in [-0.2, 0) is 9.84 Å². The second-order valence-corrected chi connectivity index (χ2v) is 8.24. The van der Waals surface area contributed by atoms with Crippen molar-refractivity contribution >= 4 is 31.7 Å². The van der Waals surface area contributed by atoms with Crippen LogP contribution in [0, 0.1) is 0 Å². The molecular formula is C13H16BrNO4S. The monoisotopic (exact) mass is 361 g/mol. The highest BCUT2D eigenvalue weighted by atomic mass is 79.9. The van der Waals surface area contributed by atoms with Crippen LogP contribution in [0.25, 0.3) is 0 Å². The number of sulfone groups is 1. The Balaban J connectivity index is 2.15. The van der Waals surface area contributed by atoms with Crippen molar-refractivity contribution in [3.63, 3.8) is 0 Å². The van der Waals surface area contributed by atoms with Gasteiger partial charge in [-0.15, -0.1) is 0 Å². The van der Waals surface area contributed by atoms with E-state index < -0.39 is 15.4 Å². The first-order valence-electron chi connectivity index (χ1n) is 6.11. The molecule has 1 aliphatic rings. The summed E-state index contributed by atoms with van der Waals surface area (Å²) in [6.45, 7) is 1.76. The lowest BCUT2D eigenvalue weighted by molar-refractivity contribution is 0.0915. The molecule has 0 radical (unpaired) electrons. The van der Waals surface area contributed by atoms with Crippen molar-refractivity contribution in [2.45, 2.75) is 18.9 Å². The molecule has 1 saturated heterocycles. The molecule has 0 aliphatic carbocycles. The molecule has 20 heavy (non-hydrogen) atoms. The van der Waals surface area contributed by atoms with Crippen LogP contribution in [0.4, 0.5) is 0 Å². The number of hydrogen-bond donors (Lipinski definition) is 1. The lowest BCUT2D eigenvalue weighted by atomic mass is 10.0. The van der Waals surface area contributed by atoms with Crippen LogP contribution in [-0.4, -0.2) is 38.5 Å². The Labute approximate surface area is 126 Å². The highest BCUT2D eigenvalue weighted by molar-refractivity contribution is 9.10. The van der Waals surface area contributed by atoms with Gasteiger partial charge in [-0.05, 0) is 47.5 Å². The zero-order chi connectivity index (χ0) is 15.0. The van der Waals surface area contributed by atoms with Crippen molar-refractivity contribution in [2.75, 3.05) is 18.6 Å². The molecule has 1 fully saturated rings. The SMILES string of the molecule is COc1ccc(C(=O)NC2(C)CCS(=O)(=O)C2)cc1Br. The summed E-state index contributed by atoms with van der Waals surface area (Å²) in [5.41, 5.74) is -0.231. The first kappa shape index (κ1) is 15.3. The molecule has 2 rings (SSSR count). The minimum atomic E-state index is -3.04. The first-order chi connectivity index (χ1) is 9.25. The van der Waals surface area contributed by atoms with Gasteiger partial charge in [-0.2, -0.15) is 0 Å². The molecule has 1 aromatic rings. The molecule has 7 heteroatoms. The molecule has 110 valence electrons. The molecule has 0 saturated carbocycles. The number of carbonyl (C=O) groups is 1. The summed E-state index contributed by atoms with van der Waals surface area (Å²) in [4.78, 5) is 12.2. The molecule has 1 atom stereocenters. The maximum atomic E-state index is 12.2. The van der Waals surface area contributed by atoms with Crippen LogP contribution in [0.2, 0.25) is 0 Å². The number of carbonyl (C=O) groups excluding carboxylic acids is 1. The molecule has 1 aliphatic heterocycles. The van der Waals surface area contributed by atoms with Crippen molar-refractivity contribution < 1.29 is 17.9 Å². The first-order valence-corrected chi connectivity index (χ1v) is 8.73. The van der Waals surface area contributed by atoms with E-state index in [9.17, 15) is 13.2 Å². The molecule has 5 nitrogen and oxygen atoms in total. The van der Waals surface area contributed by atoms with Crippen molar-refractivity contribution in [1.82, 2.24) is 5.32 Å². The largest absolute Gasteiger partial charge is 0.496 e. The average molecular weight is 362 g/mol. The van der Waals surface area contributed by atoms with E-state index in [1.165, 1.54) is 0 Å². The lowest BCUT2D eigenvalue weighted by Gasteiger charge is -2.24. The summed E-state index contributed by atoms with van der Waals surface area (Å²) in [7, 11) is -1.50. The highest BCUT2D eigenvalue weighted by Gasteiger charge is 2.39. The van der Waals surface area contributed by atoms with Gasteiger partial charge in [-0.25, -0.2) is 8.42 Å². The summed E-state index contributed by atoms with van der Waals surface area (Å²) in [6.07, 6.45) is 0.443. The average Bonchev–Trinajstić information content (AvgIpc) is 2.63. The van der Waals surface area contributed by atoms with Gasteiger partial charge in [0.25, 0.3) is 5.91 Å². The molecule has 0 spiro atoms. The summed E-state index contributed by atoms with van der Waals surface area (Å²) < 4.78 is 28.8. The number of halogens is 1. The summed E-state index contributed by atoms with van der Waals surface area (Å²) in [5, 5.41) is 2.81. The Morgan fingerprint density at radius 1 is 1.45 bits per heavy atom. The third-order valence-electron chi connectivity index (χ3n) is 3.33. The molecule has 1 heterocycles. The minimum Gasteiger partial charge on any atom is -0.496 e. The molecule has 1 N–H and O–H groups in total. The third kappa shape index (κ3) is 3.32. The van der Waals surface area contributed by atoms with Gasteiger partial charge in [0, 0.05) is 5.56 Å². The number of rotatable bonds is 3. The normalized spacial score (nSPS) is 24.4. The summed E-state index contributed by atoms with van der Waals surface area (Å²) in [6, 6.07) is 4.99.